The van der Waals surface area contributed by atoms with E-state index in [2.05, 4.69) is 0 Å². The molecule has 0 spiro atoms. The van der Waals surface area contributed by atoms with Crippen LogP contribution < -0.4 is 5.06 Å². The van der Waals surface area contributed by atoms with Gasteiger partial charge < -0.3 is 5.11 Å². The third-order valence-electron chi connectivity index (χ3n) is 3.67. The zero-order valence-corrected chi connectivity index (χ0v) is 12.8. The molecule has 1 heterocycles. The molecule has 0 unspecified atom stereocenters. The lowest BCUT2D eigenvalue weighted by molar-refractivity contribution is 0.141. The molecule has 5 heteroatoms. The topological polar surface area (TPSA) is 32.7 Å². The van der Waals surface area contributed by atoms with Crippen molar-refractivity contribution >= 4 is 28.9 Å². The van der Waals surface area contributed by atoms with Gasteiger partial charge in [0.1, 0.15) is 0 Å². The van der Waals surface area contributed by atoms with Crippen molar-refractivity contribution in [1.29, 1.82) is 0 Å². The maximum Gasteiger partial charge on any atom is 0.0903 e. The maximum absolute atomic E-state index is 9.64. The van der Waals surface area contributed by atoms with Crippen LogP contribution in [0.3, 0.4) is 0 Å². The van der Waals surface area contributed by atoms with E-state index in [0.717, 1.165) is 11.3 Å². The number of hydrogen-bond donors (Lipinski definition) is 1. The number of halogens is 2. The Kier molecular flexibility index (Phi) is 4.36. The molecule has 0 amide bonds. The maximum atomic E-state index is 9.64. The quantitative estimate of drug-likeness (QED) is 0.923. The molecule has 0 saturated carbocycles. The summed E-state index contributed by atoms with van der Waals surface area (Å²) in [5.74, 6) is -0.0545. The van der Waals surface area contributed by atoms with Crippen molar-refractivity contribution in [2.24, 2.45) is 5.92 Å². The number of para-hydroxylation sites is 1. The Morgan fingerprint density at radius 3 is 2.57 bits per heavy atom. The highest BCUT2D eigenvalue weighted by Gasteiger charge is 2.38. The van der Waals surface area contributed by atoms with Gasteiger partial charge in [-0.25, -0.2) is 5.06 Å². The van der Waals surface area contributed by atoms with Crippen molar-refractivity contribution in [3.8, 4) is 0 Å². The fourth-order valence-corrected chi connectivity index (χ4v) is 3.05. The summed E-state index contributed by atoms with van der Waals surface area (Å²) in [6, 6.07) is 15.1. The molecule has 21 heavy (non-hydrogen) atoms. The van der Waals surface area contributed by atoms with Crippen molar-refractivity contribution in [1.82, 2.24) is 0 Å². The molecule has 0 aliphatic carbocycles. The number of rotatable bonds is 3. The van der Waals surface area contributed by atoms with Gasteiger partial charge >= 0.3 is 0 Å². The number of hydroxylamine groups is 1. The van der Waals surface area contributed by atoms with Crippen LogP contribution in [0, 0.1) is 5.92 Å². The van der Waals surface area contributed by atoms with E-state index in [9.17, 15) is 5.11 Å². The number of benzene rings is 2. The average molecular weight is 324 g/mol. The third kappa shape index (κ3) is 2.74. The minimum absolute atomic E-state index is 0.0246. The van der Waals surface area contributed by atoms with E-state index >= 15 is 0 Å². The van der Waals surface area contributed by atoms with Gasteiger partial charge in [0.2, 0.25) is 0 Å². The zero-order chi connectivity index (χ0) is 14.8. The van der Waals surface area contributed by atoms with Gasteiger partial charge in [-0.15, -0.1) is 0 Å². The summed E-state index contributed by atoms with van der Waals surface area (Å²) in [6.07, 6.45) is 0. The molecule has 1 N–H and O–H groups in total. The summed E-state index contributed by atoms with van der Waals surface area (Å²) in [7, 11) is 0. The number of nitrogens with zero attached hydrogens (tertiary/aromatic N) is 1. The molecule has 2 aromatic rings. The van der Waals surface area contributed by atoms with Crippen LogP contribution in [-0.4, -0.2) is 18.3 Å². The van der Waals surface area contributed by atoms with Gasteiger partial charge in [-0.3, -0.25) is 4.84 Å². The van der Waals surface area contributed by atoms with Gasteiger partial charge in [-0.05, 0) is 23.8 Å². The summed E-state index contributed by atoms with van der Waals surface area (Å²) < 4.78 is 0. The van der Waals surface area contributed by atoms with Gasteiger partial charge in [0.15, 0.2) is 0 Å². The first-order valence-electron chi connectivity index (χ1n) is 6.74. The predicted octanol–water partition coefficient (Wildman–Crippen LogP) is 4.09. The van der Waals surface area contributed by atoms with Crippen LogP contribution in [0.15, 0.2) is 48.5 Å². The van der Waals surface area contributed by atoms with Crippen LogP contribution in [0.1, 0.15) is 11.6 Å². The number of aliphatic hydroxyl groups excluding tert-OH is 1. The minimum atomic E-state index is -0.163. The van der Waals surface area contributed by atoms with Crippen LogP contribution in [-0.2, 0) is 4.84 Å². The van der Waals surface area contributed by atoms with E-state index in [-0.39, 0.29) is 18.6 Å². The molecular weight excluding hydrogens is 309 g/mol. The lowest BCUT2D eigenvalue weighted by atomic mass is 9.94. The summed E-state index contributed by atoms with van der Waals surface area (Å²) in [6.45, 7) is 0.468. The first kappa shape index (κ1) is 14.7. The second-order valence-corrected chi connectivity index (χ2v) is 5.77. The van der Waals surface area contributed by atoms with E-state index in [4.69, 9.17) is 28.0 Å². The van der Waals surface area contributed by atoms with Crippen LogP contribution in [0.2, 0.25) is 10.0 Å². The number of aliphatic hydroxyl groups is 1. The van der Waals surface area contributed by atoms with E-state index in [1.807, 2.05) is 42.5 Å². The minimum Gasteiger partial charge on any atom is -0.396 e. The van der Waals surface area contributed by atoms with Crippen LogP contribution in [0.4, 0.5) is 5.69 Å². The van der Waals surface area contributed by atoms with Gasteiger partial charge in [0.05, 0.1) is 35.0 Å². The highest BCUT2D eigenvalue weighted by molar-refractivity contribution is 6.42. The highest BCUT2D eigenvalue weighted by atomic mass is 35.5. The Morgan fingerprint density at radius 2 is 1.86 bits per heavy atom. The lowest BCUT2D eigenvalue weighted by Gasteiger charge is -2.28. The fourth-order valence-electron chi connectivity index (χ4n) is 2.63. The fraction of sp³-hybridized carbons (Fsp3) is 0.250. The second-order valence-electron chi connectivity index (χ2n) is 4.99. The van der Waals surface area contributed by atoms with Gasteiger partial charge in [-0.1, -0.05) is 53.5 Å². The normalized spacial score (nSPS) is 21.8. The van der Waals surface area contributed by atoms with Crippen molar-refractivity contribution in [2.75, 3.05) is 18.3 Å². The third-order valence-corrected chi connectivity index (χ3v) is 4.51. The van der Waals surface area contributed by atoms with E-state index < -0.39 is 0 Å². The summed E-state index contributed by atoms with van der Waals surface area (Å²) in [5.41, 5.74) is 1.79. The SMILES string of the molecule is OC[C@H]1CON(c2ccccc2)[C@@H]1c1cccc(Cl)c1Cl. The van der Waals surface area contributed by atoms with Crippen molar-refractivity contribution in [3.63, 3.8) is 0 Å². The molecule has 0 bridgehead atoms. The average Bonchev–Trinajstić information content (AvgIpc) is 2.94. The van der Waals surface area contributed by atoms with Crippen LogP contribution in [0.5, 0.6) is 0 Å². The monoisotopic (exact) mass is 323 g/mol. The van der Waals surface area contributed by atoms with Gasteiger partial charge in [0.25, 0.3) is 0 Å². The lowest BCUT2D eigenvalue weighted by Crippen LogP contribution is -2.26. The summed E-state index contributed by atoms with van der Waals surface area (Å²) in [5, 5.41) is 12.5. The van der Waals surface area contributed by atoms with E-state index in [1.165, 1.54) is 0 Å². The summed E-state index contributed by atoms with van der Waals surface area (Å²) in [4.78, 5) is 5.78. The molecule has 2 atom stereocenters. The Bertz CT molecular complexity index is 621. The van der Waals surface area contributed by atoms with Crippen LogP contribution in [0.25, 0.3) is 0 Å². The number of hydrogen-bond acceptors (Lipinski definition) is 3. The van der Waals surface area contributed by atoms with Crippen LogP contribution >= 0.6 is 23.2 Å². The van der Waals surface area contributed by atoms with E-state index in [1.54, 1.807) is 11.1 Å². The molecule has 1 aliphatic heterocycles. The van der Waals surface area contributed by atoms with Crippen molar-refractivity contribution in [3.05, 3.63) is 64.1 Å². The molecule has 3 rings (SSSR count). The highest BCUT2D eigenvalue weighted by Crippen LogP contribution is 2.42. The Balaban J connectivity index is 2.04. The van der Waals surface area contributed by atoms with E-state index in [0.29, 0.717) is 16.7 Å². The predicted molar refractivity (Wildman–Crippen MR) is 84.7 cm³/mol. The Hall–Kier alpha value is -1.26. The smallest absolute Gasteiger partial charge is 0.0903 e. The van der Waals surface area contributed by atoms with Gasteiger partial charge in [0, 0.05) is 5.92 Å². The summed E-state index contributed by atoms with van der Waals surface area (Å²) >= 11 is 12.5. The Labute approximate surface area is 133 Å². The van der Waals surface area contributed by atoms with Crippen molar-refractivity contribution < 1.29 is 9.94 Å². The first-order valence-corrected chi connectivity index (χ1v) is 7.50. The second kappa shape index (κ2) is 6.24. The molecule has 1 saturated heterocycles. The number of anilines is 1. The molecule has 1 fully saturated rings. The van der Waals surface area contributed by atoms with Crippen molar-refractivity contribution in [2.45, 2.75) is 6.04 Å². The standard InChI is InChI=1S/C16H15Cl2NO2/c17-14-8-4-7-13(15(14)18)16-11(9-20)10-21-19(16)12-5-2-1-3-6-12/h1-8,11,16,20H,9-10H2/t11-,16-/m0/s1. The molecule has 0 aromatic heterocycles. The largest absolute Gasteiger partial charge is 0.396 e. The van der Waals surface area contributed by atoms with Gasteiger partial charge in [-0.2, -0.15) is 0 Å². The Morgan fingerprint density at radius 1 is 1.10 bits per heavy atom. The molecule has 1 aliphatic rings. The molecule has 2 aromatic carbocycles. The molecule has 0 radical (unpaired) electrons. The molecule has 110 valence electrons. The zero-order valence-electron chi connectivity index (χ0n) is 11.2. The first-order chi connectivity index (χ1) is 10.2. The molecular formula is C16H15Cl2NO2. The molecule has 3 nitrogen and oxygen atoms in total.